The SMILES string of the molecule is CC(C)CCNC(=O)CCNC(=O)CNC(=O)CNC(=O)CNC(=O)CCCN1C(=O)CC(C(C)(C)[SiH3])C1=O. The number of nitrogens with one attached hydrogen (secondary N) is 5. The maximum Gasteiger partial charge on any atom is 0.239 e. The maximum atomic E-state index is 12.5. The fourth-order valence-electron chi connectivity index (χ4n) is 3.71. The molecule has 220 valence electrons. The maximum absolute atomic E-state index is 12.5. The third-order valence-corrected chi connectivity index (χ3v) is 6.83. The van der Waals surface area contributed by atoms with E-state index in [1.54, 1.807) is 0 Å². The lowest BCUT2D eigenvalue weighted by Gasteiger charge is -2.24. The average molecular weight is 569 g/mol. The fourth-order valence-corrected chi connectivity index (χ4v) is 4.16. The van der Waals surface area contributed by atoms with Crippen LogP contribution in [0.2, 0.25) is 5.04 Å². The van der Waals surface area contributed by atoms with Crippen LogP contribution in [0.3, 0.4) is 0 Å². The Hall–Kier alpha value is -3.29. The van der Waals surface area contributed by atoms with Crippen molar-refractivity contribution in [2.24, 2.45) is 11.8 Å². The molecule has 1 aliphatic rings. The van der Waals surface area contributed by atoms with Crippen LogP contribution >= 0.6 is 0 Å². The van der Waals surface area contributed by atoms with Crippen molar-refractivity contribution in [1.29, 1.82) is 0 Å². The molecule has 1 rings (SSSR count). The van der Waals surface area contributed by atoms with Gasteiger partial charge in [-0.25, -0.2) is 0 Å². The first-order chi connectivity index (χ1) is 18.2. The zero-order valence-electron chi connectivity index (χ0n) is 23.7. The van der Waals surface area contributed by atoms with E-state index in [9.17, 15) is 33.6 Å². The Labute approximate surface area is 232 Å². The Morgan fingerprint density at radius 1 is 0.821 bits per heavy atom. The minimum atomic E-state index is -0.590. The van der Waals surface area contributed by atoms with Crippen molar-refractivity contribution in [3.8, 4) is 0 Å². The summed E-state index contributed by atoms with van der Waals surface area (Å²) in [6, 6.07) is 0. The summed E-state index contributed by atoms with van der Waals surface area (Å²) in [5.41, 5.74) is 0. The van der Waals surface area contributed by atoms with Crippen molar-refractivity contribution < 1.29 is 33.6 Å². The van der Waals surface area contributed by atoms with Crippen LogP contribution in [0.15, 0.2) is 0 Å². The van der Waals surface area contributed by atoms with Crippen molar-refractivity contribution in [1.82, 2.24) is 31.5 Å². The van der Waals surface area contributed by atoms with Crippen LogP contribution in [0.5, 0.6) is 0 Å². The predicted molar refractivity (Wildman–Crippen MR) is 147 cm³/mol. The largest absolute Gasteiger partial charge is 0.356 e. The van der Waals surface area contributed by atoms with Gasteiger partial charge in [0.05, 0.1) is 19.6 Å². The lowest BCUT2D eigenvalue weighted by molar-refractivity contribution is -0.140. The van der Waals surface area contributed by atoms with E-state index in [4.69, 9.17) is 0 Å². The highest BCUT2D eigenvalue weighted by Gasteiger charge is 2.44. The summed E-state index contributed by atoms with van der Waals surface area (Å²) in [6.45, 7) is 7.91. The zero-order chi connectivity index (χ0) is 29.6. The molecule has 7 amide bonds. The molecule has 1 aliphatic heterocycles. The van der Waals surface area contributed by atoms with Gasteiger partial charge in [0, 0.05) is 55.1 Å². The lowest BCUT2D eigenvalue weighted by Crippen LogP contribution is -2.44. The second-order valence-electron chi connectivity index (χ2n) is 11.1. The molecular weight excluding hydrogens is 524 g/mol. The molecule has 1 fully saturated rings. The summed E-state index contributed by atoms with van der Waals surface area (Å²) in [7, 11) is 0.782. The summed E-state index contributed by atoms with van der Waals surface area (Å²) < 4.78 is 0. The van der Waals surface area contributed by atoms with Crippen LogP contribution in [0.1, 0.15) is 59.8 Å². The molecule has 1 unspecified atom stereocenters. The normalized spacial score (nSPS) is 15.3. The fraction of sp³-hybridized carbons (Fsp3) is 0.720. The van der Waals surface area contributed by atoms with E-state index in [0.717, 1.165) is 16.7 Å². The van der Waals surface area contributed by atoms with E-state index in [1.165, 1.54) is 4.90 Å². The van der Waals surface area contributed by atoms with Crippen LogP contribution in [0.4, 0.5) is 0 Å². The highest BCUT2D eigenvalue weighted by atomic mass is 28.1. The smallest absolute Gasteiger partial charge is 0.239 e. The number of amides is 7. The Kier molecular flexibility index (Phi) is 14.4. The summed E-state index contributed by atoms with van der Waals surface area (Å²) in [5, 5.41) is 12.2. The Bertz CT molecular complexity index is 919. The highest BCUT2D eigenvalue weighted by Crippen LogP contribution is 2.38. The first-order valence-corrected chi connectivity index (χ1v) is 14.4. The third-order valence-electron chi connectivity index (χ3n) is 6.13. The van der Waals surface area contributed by atoms with Crippen molar-refractivity contribution in [3.05, 3.63) is 0 Å². The Morgan fingerprint density at radius 3 is 1.82 bits per heavy atom. The summed E-state index contributed by atoms with van der Waals surface area (Å²) >= 11 is 0. The van der Waals surface area contributed by atoms with Gasteiger partial charge in [-0.1, -0.05) is 27.7 Å². The molecule has 0 aromatic carbocycles. The van der Waals surface area contributed by atoms with E-state index >= 15 is 0 Å². The van der Waals surface area contributed by atoms with Crippen LogP contribution < -0.4 is 26.6 Å². The van der Waals surface area contributed by atoms with Crippen molar-refractivity contribution in [2.45, 2.75) is 64.8 Å². The standard InChI is InChI=1S/C25H44N6O7Si/c1-16(2)7-9-26-19(33)8-10-27-20(34)13-29-22(36)15-30-21(35)14-28-18(32)6-5-11-31-23(37)12-17(24(31)38)25(3,4)39/h16-17H,5-15H2,1-4,39H3,(H,26,33)(H,27,34)(H,28,32)(H,29,36)(H,30,35). The summed E-state index contributed by atoms with van der Waals surface area (Å²) in [4.78, 5) is 85.0. The molecule has 0 aliphatic carbocycles. The van der Waals surface area contributed by atoms with Gasteiger partial charge in [0.15, 0.2) is 0 Å². The van der Waals surface area contributed by atoms with Crippen molar-refractivity contribution >= 4 is 51.6 Å². The monoisotopic (exact) mass is 568 g/mol. The van der Waals surface area contributed by atoms with Gasteiger partial charge < -0.3 is 26.6 Å². The minimum absolute atomic E-state index is 0.0362. The molecule has 13 nitrogen and oxygen atoms in total. The van der Waals surface area contributed by atoms with E-state index < -0.39 is 23.6 Å². The lowest BCUT2D eigenvalue weighted by atomic mass is 9.93. The molecule has 1 saturated heterocycles. The van der Waals surface area contributed by atoms with Gasteiger partial charge >= 0.3 is 0 Å². The molecule has 0 aromatic rings. The van der Waals surface area contributed by atoms with Crippen LogP contribution in [-0.4, -0.2) is 95.8 Å². The number of rotatable bonds is 17. The van der Waals surface area contributed by atoms with E-state index in [2.05, 4.69) is 40.4 Å². The summed E-state index contributed by atoms with van der Waals surface area (Å²) in [6.07, 6.45) is 1.53. The molecule has 1 atom stereocenters. The number of likely N-dealkylation sites (tertiary alicyclic amines) is 1. The number of imide groups is 1. The van der Waals surface area contributed by atoms with Crippen LogP contribution in [0.25, 0.3) is 0 Å². The van der Waals surface area contributed by atoms with Crippen molar-refractivity contribution in [2.75, 3.05) is 39.3 Å². The molecule has 0 radical (unpaired) electrons. The number of carbonyl (C=O) groups excluding carboxylic acids is 7. The summed E-state index contributed by atoms with van der Waals surface area (Å²) in [5.74, 6) is -2.46. The quantitative estimate of drug-likeness (QED) is 0.0967. The van der Waals surface area contributed by atoms with Gasteiger partial charge in [0.25, 0.3) is 0 Å². The molecule has 14 heteroatoms. The van der Waals surface area contributed by atoms with Gasteiger partial charge in [-0.3, -0.25) is 38.5 Å². The first kappa shape index (κ1) is 33.7. The predicted octanol–water partition coefficient (Wildman–Crippen LogP) is -2.28. The molecule has 5 N–H and O–H groups in total. The average Bonchev–Trinajstić information content (AvgIpc) is 3.13. The Balaban J connectivity index is 2.14. The van der Waals surface area contributed by atoms with E-state index in [1.807, 2.05) is 13.8 Å². The second kappa shape index (κ2) is 16.6. The number of hydrogen-bond donors (Lipinski definition) is 5. The first-order valence-electron chi connectivity index (χ1n) is 13.4. The molecule has 39 heavy (non-hydrogen) atoms. The number of carbonyl (C=O) groups is 7. The highest BCUT2D eigenvalue weighted by molar-refractivity contribution is 6.19. The van der Waals surface area contributed by atoms with Crippen LogP contribution in [-0.2, 0) is 33.6 Å². The molecule has 0 saturated carbocycles. The molecule has 1 heterocycles. The van der Waals surface area contributed by atoms with Crippen molar-refractivity contribution in [3.63, 3.8) is 0 Å². The Morgan fingerprint density at radius 2 is 1.31 bits per heavy atom. The topological polar surface area (TPSA) is 183 Å². The minimum Gasteiger partial charge on any atom is -0.356 e. The number of hydrogen-bond acceptors (Lipinski definition) is 7. The zero-order valence-corrected chi connectivity index (χ0v) is 25.7. The molecule has 0 bridgehead atoms. The van der Waals surface area contributed by atoms with E-state index in [0.29, 0.717) is 12.5 Å². The van der Waals surface area contributed by atoms with Gasteiger partial charge in [0.1, 0.15) is 0 Å². The molecule has 0 spiro atoms. The van der Waals surface area contributed by atoms with Crippen LogP contribution in [0, 0.1) is 11.8 Å². The van der Waals surface area contributed by atoms with Gasteiger partial charge in [-0.15, -0.1) is 0 Å². The third kappa shape index (κ3) is 13.9. The van der Waals surface area contributed by atoms with Gasteiger partial charge in [-0.2, -0.15) is 0 Å². The molecule has 0 aromatic heterocycles. The van der Waals surface area contributed by atoms with E-state index in [-0.39, 0.29) is 87.1 Å². The van der Waals surface area contributed by atoms with Gasteiger partial charge in [0.2, 0.25) is 41.4 Å². The second-order valence-corrected chi connectivity index (χ2v) is 13.6. The number of nitrogens with zero attached hydrogens (tertiary/aromatic N) is 1. The van der Waals surface area contributed by atoms with Gasteiger partial charge in [-0.05, 0) is 23.8 Å². The molecular formula is C25H44N6O7Si.